The fraction of sp³-hybridized carbons (Fsp3) is 0.286. The van der Waals surface area contributed by atoms with Gasteiger partial charge in [0.2, 0.25) is 5.91 Å². The van der Waals surface area contributed by atoms with Crippen molar-refractivity contribution in [1.82, 2.24) is 4.98 Å². The molecule has 2 rings (SSSR count). The SMILES string of the molecule is CCOc1ccccc1NC(=O)Cc1nc(CO)cs1. The molecule has 0 fully saturated rings. The number of hydrogen-bond donors (Lipinski definition) is 2. The maximum atomic E-state index is 12.0. The lowest BCUT2D eigenvalue weighted by atomic mass is 10.3. The van der Waals surface area contributed by atoms with E-state index in [4.69, 9.17) is 9.84 Å². The zero-order chi connectivity index (χ0) is 14.4. The number of aromatic nitrogens is 1. The normalized spacial score (nSPS) is 10.3. The van der Waals surface area contributed by atoms with Crippen molar-refractivity contribution >= 4 is 22.9 Å². The lowest BCUT2D eigenvalue weighted by Crippen LogP contribution is -2.15. The summed E-state index contributed by atoms with van der Waals surface area (Å²) in [6, 6.07) is 7.30. The topological polar surface area (TPSA) is 71.5 Å². The Kier molecular flexibility index (Phi) is 5.09. The zero-order valence-electron chi connectivity index (χ0n) is 11.1. The Morgan fingerprint density at radius 2 is 2.25 bits per heavy atom. The van der Waals surface area contributed by atoms with Crippen molar-refractivity contribution in [3.8, 4) is 5.75 Å². The second kappa shape index (κ2) is 7.02. The molecule has 0 radical (unpaired) electrons. The van der Waals surface area contributed by atoms with Gasteiger partial charge in [-0.15, -0.1) is 11.3 Å². The van der Waals surface area contributed by atoms with Crippen LogP contribution in [0.2, 0.25) is 0 Å². The van der Waals surface area contributed by atoms with Crippen molar-refractivity contribution in [3.63, 3.8) is 0 Å². The summed E-state index contributed by atoms with van der Waals surface area (Å²) in [5.74, 6) is 0.495. The summed E-state index contributed by atoms with van der Waals surface area (Å²) in [6.45, 7) is 2.33. The van der Waals surface area contributed by atoms with E-state index >= 15 is 0 Å². The van der Waals surface area contributed by atoms with Gasteiger partial charge in [-0.05, 0) is 19.1 Å². The minimum atomic E-state index is -0.156. The molecule has 5 nitrogen and oxygen atoms in total. The van der Waals surface area contributed by atoms with Crippen LogP contribution in [0.5, 0.6) is 5.75 Å². The molecule has 0 bridgehead atoms. The molecule has 20 heavy (non-hydrogen) atoms. The third-order valence-corrected chi connectivity index (χ3v) is 3.43. The summed E-state index contributed by atoms with van der Waals surface area (Å²) in [7, 11) is 0. The van der Waals surface area contributed by atoms with Crippen LogP contribution in [0.25, 0.3) is 0 Å². The fourth-order valence-electron chi connectivity index (χ4n) is 1.69. The van der Waals surface area contributed by atoms with Crippen molar-refractivity contribution in [2.75, 3.05) is 11.9 Å². The average Bonchev–Trinajstić information content (AvgIpc) is 2.89. The van der Waals surface area contributed by atoms with E-state index in [1.54, 1.807) is 11.4 Å². The predicted octanol–water partition coefficient (Wildman–Crippen LogP) is 2.22. The third-order valence-electron chi connectivity index (χ3n) is 2.53. The van der Waals surface area contributed by atoms with Crippen molar-refractivity contribution in [2.45, 2.75) is 20.0 Å². The van der Waals surface area contributed by atoms with Crippen molar-refractivity contribution in [3.05, 3.63) is 40.3 Å². The first-order valence-electron chi connectivity index (χ1n) is 6.28. The molecule has 6 heteroatoms. The van der Waals surface area contributed by atoms with E-state index in [9.17, 15) is 4.79 Å². The monoisotopic (exact) mass is 292 g/mol. The largest absolute Gasteiger partial charge is 0.492 e. The lowest BCUT2D eigenvalue weighted by Gasteiger charge is -2.10. The van der Waals surface area contributed by atoms with E-state index < -0.39 is 0 Å². The van der Waals surface area contributed by atoms with Crippen LogP contribution >= 0.6 is 11.3 Å². The van der Waals surface area contributed by atoms with Gasteiger partial charge in [0.15, 0.2) is 0 Å². The van der Waals surface area contributed by atoms with E-state index in [0.29, 0.717) is 28.7 Å². The summed E-state index contributed by atoms with van der Waals surface area (Å²) in [5.41, 5.74) is 1.24. The van der Waals surface area contributed by atoms with Gasteiger partial charge in [0.1, 0.15) is 10.8 Å². The highest BCUT2D eigenvalue weighted by Gasteiger charge is 2.10. The second-order valence-electron chi connectivity index (χ2n) is 4.04. The molecule has 1 aromatic carbocycles. The molecule has 0 aliphatic rings. The van der Waals surface area contributed by atoms with Gasteiger partial charge in [-0.1, -0.05) is 12.1 Å². The van der Waals surface area contributed by atoms with E-state index in [1.807, 2.05) is 25.1 Å². The summed E-state index contributed by atoms with van der Waals surface area (Å²) in [5, 5.41) is 14.2. The molecule has 2 N–H and O–H groups in total. The number of para-hydroxylation sites is 2. The number of nitrogens with zero attached hydrogens (tertiary/aromatic N) is 1. The number of amides is 1. The Morgan fingerprint density at radius 3 is 2.95 bits per heavy atom. The second-order valence-corrected chi connectivity index (χ2v) is 4.99. The Bertz CT molecular complexity index is 583. The van der Waals surface area contributed by atoms with Crippen molar-refractivity contribution < 1.29 is 14.6 Å². The highest BCUT2D eigenvalue weighted by Crippen LogP contribution is 2.24. The van der Waals surface area contributed by atoms with Gasteiger partial charge in [0, 0.05) is 5.38 Å². The summed E-state index contributed by atoms with van der Waals surface area (Å²) < 4.78 is 5.45. The first-order chi connectivity index (χ1) is 9.72. The number of hydrogen-bond acceptors (Lipinski definition) is 5. The predicted molar refractivity (Wildman–Crippen MR) is 78.0 cm³/mol. The number of carbonyl (C=O) groups is 1. The van der Waals surface area contributed by atoms with Gasteiger partial charge < -0.3 is 15.2 Å². The van der Waals surface area contributed by atoms with E-state index in [-0.39, 0.29) is 18.9 Å². The van der Waals surface area contributed by atoms with Gasteiger partial charge in [-0.25, -0.2) is 4.98 Å². The fourth-order valence-corrected chi connectivity index (χ4v) is 2.47. The van der Waals surface area contributed by atoms with Crippen LogP contribution in [0.4, 0.5) is 5.69 Å². The number of rotatable bonds is 6. The van der Waals surface area contributed by atoms with Crippen LogP contribution in [0.1, 0.15) is 17.6 Å². The van der Waals surface area contributed by atoms with Crippen LogP contribution in [0, 0.1) is 0 Å². The van der Waals surface area contributed by atoms with E-state index in [2.05, 4.69) is 10.3 Å². The van der Waals surface area contributed by atoms with Crippen LogP contribution in [0.15, 0.2) is 29.6 Å². The number of carbonyl (C=O) groups excluding carboxylic acids is 1. The molecule has 0 unspecified atom stereocenters. The highest BCUT2D eigenvalue weighted by atomic mass is 32.1. The number of benzene rings is 1. The summed E-state index contributed by atoms with van der Waals surface area (Å²) in [4.78, 5) is 16.1. The molecule has 0 saturated carbocycles. The lowest BCUT2D eigenvalue weighted by molar-refractivity contribution is -0.115. The maximum absolute atomic E-state index is 12.0. The Hall–Kier alpha value is -1.92. The Labute approximate surface area is 121 Å². The molecule has 1 aromatic heterocycles. The molecule has 0 atom stereocenters. The standard InChI is InChI=1S/C14H16N2O3S/c1-2-19-12-6-4-3-5-11(12)16-13(18)7-14-15-10(8-17)9-20-14/h3-6,9,17H,2,7-8H2,1H3,(H,16,18). The smallest absolute Gasteiger partial charge is 0.231 e. The number of aliphatic hydroxyl groups excluding tert-OH is 1. The molecule has 2 aromatic rings. The molecule has 0 spiro atoms. The first kappa shape index (κ1) is 14.5. The molecule has 0 aliphatic heterocycles. The van der Waals surface area contributed by atoms with Crippen LogP contribution in [-0.4, -0.2) is 22.6 Å². The van der Waals surface area contributed by atoms with Gasteiger partial charge >= 0.3 is 0 Å². The highest BCUT2D eigenvalue weighted by molar-refractivity contribution is 7.09. The van der Waals surface area contributed by atoms with Crippen LogP contribution < -0.4 is 10.1 Å². The van der Waals surface area contributed by atoms with Gasteiger partial charge in [0.05, 0.1) is 31.0 Å². The van der Waals surface area contributed by atoms with E-state index in [1.165, 1.54) is 11.3 Å². The van der Waals surface area contributed by atoms with E-state index in [0.717, 1.165) is 0 Å². The van der Waals surface area contributed by atoms with Crippen molar-refractivity contribution in [2.24, 2.45) is 0 Å². The minimum Gasteiger partial charge on any atom is -0.492 e. The van der Waals surface area contributed by atoms with Crippen LogP contribution in [0.3, 0.4) is 0 Å². The molecular weight excluding hydrogens is 276 g/mol. The summed E-state index contributed by atoms with van der Waals surface area (Å²) in [6.07, 6.45) is 0.186. The molecular formula is C14H16N2O3S. The number of aliphatic hydroxyl groups is 1. The number of anilines is 1. The zero-order valence-corrected chi connectivity index (χ0v) is 11.9. The van der Waals surface area contributed by atoms with Gasteiger partial charge in [0.25, 0.3) is 0 Å². The maximum Gasteiger partial charge on any atom is 0.231 e. The quantitative estimate of drug-likeness (QED) is 0.856. The average molecular weight is 292 g/mol. The van der Waals surface area contributed by atoms with Crippen molar-refractivity contribution in [1.29, 1.82) is 0 Å². The number of ether oxygens (including phenoxy) is 1. The minimum absolute atomic E-state index is 0.106. The Morgan fingerprint density at radius 1 is 1.45 bits per heavy atom. The third kappa shape index (κ3) is 3.79. The van der Waals surface area contributed by atoms with Crippen LogP contribution in [-0.2, 0) is 17.8 Å². The van der Waals surface area contributed by atoms with Gasteiger partial charge in [-0.2, -0.15) is 0 Å². The molecule has 1 amide bonds. The Balaban J connectivity index is 2.00. The molecule has 0 saturated heterocycles. The molecule has 1 heterocycles. The first-order valence-corrected chi connectivity index (χ1v) is 7.16. The summed E-state index contributed by atoms with van der Waals surface area (Å²) >= 11 is 1.36. The number of thiazole rings is 1. The molecule has 0 aliphatic carbocycles. The number of nitrogens with one attached hydrogen (secondary N) is 1. The van der Waals surface area contributed by atoms with Gasteiger partial charge in [-0.3, -0.25) is 4.79 Å². The molecule has 106 valence electrons.